The molecule has 0 saturated carbocycles. The second-order valence-corrected chi connectivity index (χ2v) is 7.52. The van der Waals surface area contributed by atoms with E-state index in [0.717, 1.165) is 24.6 Å². The Morgan fingerprint density at radius 2 is 2.28 bits per heavy atom. The van der Waals surface area contributed by atoms with Gasteiger partial charge in [-0.3, -0.25) is 4.99 Å². The number of guanidine groups is 1. The van der Waals surface area contributed by atoms with Gasteiger partial charge in [0.2, 0.25) is 11.7 Å². The van der Waals surface area contributed by atoms with Crippen molar-refractivity contribution in [2.45, 2.75) is 26.7 Å². The molecule has 0 spiro atoms. The van der Waals surface area contributed by atoms with Crippen molar-refractivity contribution < 1.29 is 4.52 Å². The maximum atomic E-state index is 6.00. The predicted molar refractivity (Wildman–Crippen MR) is 99.8 cm³/mol. The van der Waals surface area contributed by atoms with E-state index in [1.165, 1.54) is 6.42 Å². The number of aliphatic imine (C=N–C) groups is 1. The Bertz CT molecular complexity index is 755. The molecule has 2 heterocycles. The molecule has 1 fully saturated rings. The van der Waals surface area contributed by atoms with Gasteiger partial charge in [0.05, 0.1) is 0 Å². The van der Waals surface area contributed by atoms with E-state index in [0.29, 0.717) is 35.1 Å². The van der Waals surface area contributed by atoms with Crippen LogP contribution in [0, 0.1) is 5.41 Å². The second kappa shape index (κ2) is 7.44. The van der Waals surface area contributed by atoms with E-state index in [1.807, 2.05) is 31.3 Å². The maximum absolute atomic E-state index is 6.00. The van der Waals surface area contributed by atoms with Gasteiger partial charge in [0.1, 0.15) is 0 Å². The van der Waals surface area contributed by atoms with Crippen LogP contribution in [-0.2, 0) is 6.42 Å². The van der Waals surface area contributed by atoms with E-state index >= 15 is 0 Å². The number of nitrogens with one attached hydrogen (secondary N) is 1. The molecule has 2 aromatic rings. The molecule has 0 unspecified atom stereocenters. The summed E-state index contributed by atoms with van der Waals surface area (Å²) in [6.45, 7) is 7.32. The molecule has 1 saturated heterocycles. The van der Waals surface area contributed by atoms with E-state index in [-0.39, 0.29) is 0 Å². The summed E-state index contributed by atoms with van der Waals surface area (Å²) in [5.74, 6) is 2.09. The van der Waals surface area contributed by atoms with Gasteiger partial charge in [-0.1, -0.05) is 42.7 Å². The maximum Gasteiger partial charge on any atom is 0.228 e. The van der Waals surface area contributed by atoms with Crippen LogP contribution in [0.5, 0.6) is 0 Å². The molecule has 3 rings (SSSR count). The smallest absolute Gasteiger partial charge is 0.228 e. The molecule has 7 heteroatoms. The van der Waals surface area contributed by atoms with Gasteiger partial charge in [-0.2, -0.15) is 4.98 Å². The minimum absolute atomic E-state index is 0.343. The Hall–Kier alpha value is -2.08. The molecular weight excluding hydrogens is 338 g/mol. The SMILES string of the molecule is CN=C(NCCc1nc(-c2cccc(Cl)c2)no1)N1CCC(C)(C)C1. The lowest BCUT2D eigenvalue weighted by Crippen LogP contribution is -2.41. The molecule has 1 aliphatic rings. The highest BCUT2D eigenvalue weighted by molar-refractivity contribution is 6.30. The third-order valence-electron chi connectivity index (χ3n) is 4.36. The van der Waals surface area contributed by atoms with Gasteiger partial charge in [-0.15, -0.1) is 0 Å². The fourth-order valence-electron chi connectivity index (χ4n) is 3.01. The fraction of sp³-hybridized carbons (Fsp3) is 0.500. The van der Waals surface area contributed by atoms with Crippen molar-refractivity contribution in [3.63, 3.8) is 0 Å². The number of hydrogen-bond donors (Lipinski definition) is 1. The lowest BCUT2D eigenvalue weighted by atomic mass is 9.93. The summed E-state index contributed by atoms with van der Waals surface area (Å²) >= 11 is 6.00. The lowest BCUT2D eigenvalue weighted by Gasteiger charge is -2.23. The Labute approximate surface area is 153 Å². The van der Waals surface area contributed by atoms with Crippen molar-refractivity contribution >= 4 is 17.6 Å². The van der Waals surface area contributed by atoms with Crippen molar-refractivity contribution in [1.82, 2.24) is 20.4 Å². The standard InChI is InChI=1S/C18H24ClN5O/c1-18(2)8-10-24(12-18)17(20-3)21-9-7-15-22-16(23-25-15)13-5-4-6-14(19)11-13/h4-6,11H,7-10,12H2,1-3H3,(H,20,21). The summed E-state index contributed by atoms with van der Waals surface area (Å²) in [6.07, 6.45) is 1.82. The second-order valence-electron chi connectivity index (χ2n) is 7.08. The molecule has 134 valence electrons. The Balaban J connectivity index is 1.54. The van der Waals surface area contributed by atoms with Crippen LogP contribution in [0.2, 0.25) is 5.02 Å². The van der Waals surface area contributed by atoms with Gasteiger partial charge in [-0.05, 0) is 24.0 Å². The Morgan fingerprint density at radius 1 is 1.44 bits per heavy atom. The summed E-state index contributed by atoms with van der Waals surface area (Å²) in [4.78, 5) is 11.1. The van der Waals surface area contributed by atoms with E-state index < -0.39 is 0 Å². The molecule has 1 aliphatic heterocycles. The first-order valence-corrected chi connectivity index (χ1v) is 8.89. The highest BCUT2D eigenvalue weighted by Gasteiger charge is 2.30. The average Bonchev–Trinajstić information content (AvgIpc) is 3.18. The van der Waals surface area contributed by atoms with Gasteiger partial charge in [0.25, 0.3) is 0 Å². The van der Waals surface area contributed by atoms with Gasteiger partial charge in [-0.25, -0.2) is 0 Å². The summed E-state index contributed by atoms with van der Waals surface area (Å²) in [7, 11) is 1.82. The first-order chi connectivity index (χ1) is 12.0. The van der Waals surface area contributed by atoms with Crippen molar-refractivity contribution in [2.75, 3.05) is 26.7 Å². The van der Waals surface area contributed by atoms with Crippen molar-refractivity contribution in [3.05, 3.63) is 35.2 Å². The predicted octanol–water partition coefficient (Wildman–Crippen LogP) is 3.24. The van der Waals surface area contributed by atoms with Crippen molar-refractivity contribution in [1.29, 1.82) is 0 Å². The topological polar surface area (TPSA) is 66.5 Å². The number of halogens is 1. The first-order valence-electron chi connectivity index (χ1n) is 8.51. The van der Waals surface area contributed by atoms with E-state index in [2.05, 4.69) is 39.2 Å². The minimum atomic E-state index is 0.343. The van der Waals surface area contributed by atoms with Crippen LogP contribution in [0.15, 0.2) is 33.8 Å². The highest BCUT2D eigenvalue weighted by Crippen LogP contribution is 2.28. The molecule has 0 atom stereocenters. The Kier molecular flexibility index (Phi) is 5.27. The zero-order chi connectivity index (χ0) is 17.9. The monoisotopic (exact) mass is 361 g/mol. The fourth-order valence-corrected chi connectivity index (χ4v) is 3.20. The van der Waals surface area contributed by atoms with Crippen LogP contribution in [0.1, 0.15) is 26.2 Å². The number of nitrogens with zero attached hydrogens (tertiary/aromatic N) is 4. The van der Waals surface area contributed by atoms with Crippen molar-refractivity contribution in [2.24, 2.45) is 10.4 Å². The summed E-state index contributed by atoms with van der Waals surface area (Å²) in [6, 6.07) is 7.43. The molecule has 0 aliphatic carbocycles. The summed E-state index contributed by atoms with van der Waals surface area (Å²) < 4.78 is 5.34. The molecule has 1 aromatic carbocycles. The number of benzene rings is 1. The van der Waals surface area contributed by atoms with Crippen LogP contribution in [-0.4, -0.2) is 47.7 Å². The van der Waals surface area contributed by atoms with Crippen LogP contribution in [0.3, 0.4) is 0 Å². The van der Waals surface area contributed by atoms with E-state index in [4.69, 9.17) is 16.1 Å². The largest absolute Gasteiger partial charge is 0.356 e. The van der Waals surface area contributed by atoms with Crippen LogP contribution >= 0.6 is 11.6 Å². The molecule has 1 N–H and O–H groups in total. The van der Waals surface area contributed by atoms with Gasteiger partial charge >= 0.3 is 0 Å². The molecule has 0 amide bonds. The molecule has 1 aromatic heterocycles. The first kappa shape index (κ1) is 17.7. The van der Waals surface area contributed by atoms with Crippen LogP contribution in [0.4, 0.5) is 0 Å². The molecule has 0 bridgehead atoms. The Morgan fingerprint density at radius 3 is 2.96 bits per heavy atom. The normalized spacial score (nSPS) is 17.1. The van der Waals surface area contributed by atoms with Gasteiger partial charge in [0.15, 0.2) is 5.96 Å². The number of rotatable bonds is 4. The lowest BCUT2D eigenvalue weighted by molar-refractivity contribution is 0.366. The van der Waals surface area contributed by atoms with Crippen LogP contribution in [0.25, 0.3) is 11.4 Å². The van der Waals surface area contributed by atoms with Crippen molar-refractivity contribution in [3.8, 4) is 11.4 Å². The highest BCUT2D eigenvalue weighted by atomic mass is 35.5. The summed E-state index contributed by atoms with van der Waals surface area (Å²) in [5.41, 5.74) is 1.20. The number of likely N-dealkylation sites (tertiary alicyclic amines) is 1. The summed E-state index contributed by atoms with van der Waals surface area (Å²) in [5, 5.41) is 8.07. The molecule has 25 heavy (non-hydrogen) atoms. The quantitative estimate of drug-likeness (QED) is 0.669. The van der Waals surface area contributed by atoms with Gasteiger partial charge in [0, 0.05) is 43.7 Å². The average molecular weight is 362 g/mol. The number of hydrogen-bond acceptors (Lipinski definition) is 4. The van der Waals surface area contributed by atoms with Gasteiger partial charge < -0.3 is 14.7 Å². The van der Waals surface area contributed by atoms with E-state index in [9.17, 15) is 0 Å². The third-order valence-corrected chi connectivity index (χ3v) is 4.60. The zero-order valence-electron chi connectivity index (χ0n) is 14.9. The molecule has 0 radical (unpaired) electrons. The minimum Gasteiger partial charge on any atom is -0.356 e. The molecule has 6 nitrogen and oxygen atoms in total. The zero-order valence-corrected chi connectivity index (χ0v) is 15.7. The number of aromatic nitrogens is 2. The molecular formula is C18H24ClN5O. The van der Waals surface area contributed by atoms with E-state index in [1.54, 1.807) is 0 Å². The van der Waals surface area contributed by atoms with Crippen LogP contribution < -0.4 is 5.32 Å². The third kappa shape index (κ3) is 4.51.